The van der Waals surface area contributed by atoms with Crippen LogP contribution in [0.4, 0.5) is 0 Å². The average Bonchev–Trinajstić information content (AvgIpc) is 2.63. The number of fused-ring (bicyclic) bond motifs is 1. The van der Waals surface area contributed by atoms with E-state index in [4.69, 9.17) is 0 Å². The smallest absolute Gasteiger partial charge is 0.104 e. The van der Waals surface area contributed by atoms with Crippen LogP contribution in [0.15, 0.2) is 36.7 Å². The molecule has 1 aromatic heterocycles. The fourth-order valence-electron chi connectivity index (χ4n) is 3.00. The summed E-state index contributed by atoms with van der Waals surface area (Å²) in [6.07, 6.45) is 4.42. The molecule has 1 aliphatic rings. The number of β-amino-alcohol motifs (C(OH)–C–C–N with tert-alkyl or cyclic N) is 1. The Kier molecular flexibility index (Phi) is 2.61. The minimum absolute atomic E-state index is 0.409. The summed E-state index contributed by atoms with van der Waals surface area (Å²) >= 11 is 0. The first-order valence-corrected chi connectivity index (χ1v) is 6.36. The second-order valence-electron chi connectivity index (χ2n) is 5.40. The topological polar surface area (TPSA) is 36.4 Å². The Hall–Kier alpha value is -1.45. The van der Waals surface area contributed by atoms with E-state index in [-0.39, 0.29) is 0 Å². The number of hydrogen-bond donors (Lipinski definition) is 1. The van der Waals surface area contributed by atoms with Crippen molar-refractivity contribution in [2.24, 2.45) is 0 Å². The Morgan fingerprint density at radius 2 is 2.22 bits per heavy atom. The van der Waals surface area contributed by atoms with Crippen molar-refractivity contribution in [1.82, 2.24) is 9.88 Å². The van der Waals surface area contributed by atoms with Gasteiger partial charge in [-0.2, -0.15) is 0 Å². The monoisotopic (exact) mass is 242 g/mol. The molecule has 1 saturated heterocycles. The van der Waals surface area contributed by atoms with Gasteiger partial charge < -0.3 is 10.0 Å². The van der Waals surface area contributed by atoms with Crippen LogP contribution in [-0.4, -0.2) is 34.6 Å². The van der Waals surface area contributed by atoms with Crippen molar-refractivity contribution in [3.8, 4) is 0 Å². The molecule has 2 atom stereocenters. The molecule has 0 spiro atoms. The van der Waals surface area contributed by atoms with Gasteiger partial charge in [-0.25, -0.2) is 0 Å². The van der Waals surface area contributed by atoms with Crippen LogP contribution >= 0.6 is 0 Å². The maximum absolute atomic E-state index is 10.9. The average molecular weight is 242 g/mol. The Morgan fingerprint density at radius 3 is 2.94 bits per heavy atom. The predicted octanol–water partition coefficient (Wildman–Crippen LogP) is 2.15. The lowest BCUT2D eigenvalue weighted by molar-refractivity contribution is 0.0501. The fraction of sp³-hybridized carbons (Fsp3) is 0.400. The van der Waals surface area contributed by atoms with Gasteiger partial charge in [-0.05, 0) is 37.4 Å². The van der Waals surface area contributed by atoms with Crippen LogP contribution in [0, 0.1) is 0 Å². The van der Waals surface area contributed by atoms with Gasteiger partial charge in [0.15, 0.2) is 0 Å². The Morgan fingerprint density at radius 1 is 1.39 bits per heavy atom. The molecule has 18 heavy (non-hydrogen) atoms. The van der Waals surface area contributed by atoms with Crippen molar-refractivity contribution in [2.75, 3.05) is 13.6 Å². The lowest BCUT2D eigenvalue weighted by Gasteiger charge is -2.24. The van der Waals surface area contributed by atoms with Crippen molar-refractivity contribution in [2.45, 2.75) is 25.0 Å². The van der Waals surface area contributed by atoms with Crippen LogP contribution in [0.3, 0.4) is 0 Å². The van der Waals surface area contributed by atoms with Crippen LogP contribution in [0.2, 0.25) is 0 Å². The summed E-state index contributed by atoms with van der Waals surface area (Å²) in [7, 11) is 2.06. The molecule has 1 N–H and O–H groups in total. The Balaban J connectivity index is 2.15. The van der Waals surface area contributed by atoms with E-state index < -0.39 is 5.60 Å². The first-order chi connectivity index (χ1) is 8.60. The second-order valence-corrected chi connectivity index (χ2v) is 5.40. The molecule has 0 saturated carbocycles. The zero-order chi connectivity index (χ0) is 12.8. The normalized spacial score (nSPS) is 28.9. The molecule has 0 radical (unpaired) electrons. The molecule has 94 valence electrons. The van der Waals surface area contributed by atoms with E-state index >= 15 is 0 Å². The Labute approximate surface area is 107 Å². The number of likely N-dealkylation sites (tertiary alicyclic amines) is 1. The van der Waals surface area contributed by atoms with Gasteiger partial charge in [0, 0.05) is 30.4 Å². The highest BCUT2D eigenvalue weighted by atomic mass is 16.3. The van der Waals surface area contributed by atoms with Crippen molar-refractivity contribution in [3.63, 3.8) is 0 Å². The number of pyridine rings is 1. The Bertz CT molecular complexity index is 566. The molecule has 0 bridgehead atoms. The van der Waals surface area contributed by atoms with Gasteiger partial charge in [0.2, 0.25) is 0 Å². The number of rotatable bonds is 1. The zero-order valence-electron chi connectivity index (χ0n) is 10.8. The van der Waals surface area contributed by atoms with E-state index in [9.17, 15) is 5.11 Å². The first-order valence-electron chi connectivity index (χ1n) is 6.36. The van der Waals surface area contributed by atoms with Gasteiger partial charge in [0.1, 0.15) is 5.60 Å². The largest absolute Gasteiger partial charge is 0.384 e. The molecule has 0 amide bonds. The quantitative estimate of drug-likeness (QED) is 0.832. The lowest BCUT2D eigenvalue weighted by Crippen LogP contribution is -2.29. The van der Waals surface area contributed by atoms with E-state index in [1.54, 1.807) is 6.20 Å². The summed E-state index contributed by atoms with van der Waals surface area (Å²) in [5.41, 5.74) is 0.285. The highest BCUT2D eigenvalue weighted by molar-refractivity contribution is 5.85. The van der Waals surface area contributed by atoms with E-state index in [0.717, 1.165) is 22.8 Å². The third kappa shape index (κ3) is 1.71. The van der Waals surface area contributed by atoms with Crippen LogP contribution < -0.4 is 0 Å². The van der Waals surface area contributed by atoms with E-state index in [0.29, 0.717) is 12.6 Å². The third-order valence-electron chi connectivity index (χ3n) is 4.08. The number of benzene rings is 1. The van der Waals surface area contributed by atoms with Gasteiger partial charge in [0.05, 0.1) is 0 Å². The second kappa shape index (κ2) is 4.04. The zero-order valence-corrected chi connectivity index (χ0v) is 10.8. The third-order valence-corrected chi connectivity index (χ3v) is 4.08. The van der Waals surface area contributed by atoms with Crippen LogP contribution in [-0.2, 0) is 5.60 Å². The van der Waals surface area contributed by atoms with Gasteiger partial charge in [-0.1, -0.05) is 18.2 Å². The van der Waals surface area contributed by atoms with E-state index in [2.05, 4.69) is 23.9 Å². The summed E-state index contributed by atoms with van der Waals surface area (Å²) in [5, 5.41) is 13.1. The highest BCUT2D eigenvalue weighted by Gasteiger charge is 2.40. The number of likely N-dealkylation sites (N-methyl/N-ethyl adjacent to an activating group) is 1. The maximum Gasteiger partial charge on any atom is 0.104 e. The maximum atomic E-state index is 10.9. The summed E-state index contributed by atoms with van der Waals surface area (Å²) in [6.45, 7) is 2.85. The first kappa shape index (κ1) is 11.6. The van der Waals surface area contributed by atoms with Crippen LogP contribution in [0.25, 0.3) is 10.8 Å². The van der Waals surface area contributed by atoms with E-state index in [1.165, 1.54) is 0 Å². The molecule has 3 rings (SSSR count). The molecule has 3 nitrogen and oxygen atoms in total. The van der Waals surface area contributed by atoms with Crippen molar-refractivity contribution < 1.29 is 5.11 Å². The van der Waals surface area contributed by atoms with Gasteiger partial charge in [-0.15, -0.1) is 0 Å². The molecule has 1 aliphatic heterocycles. The van der Waals surface area contributed by atoms with Crippen LogP contribution in [0.5, 0.6) is 0 Å². The highest BCUT2D eigenvalue weighted by Crippen LogP contribution is 2.37. The molecule has 2 unspecified atom stereocenters. The fourth-order valence-corrected chi connectivity index (χ4v) is 3.00. The summed E-state index contributed by atoms with van der Waals surface area (Å²) < 4.78 is 0. The van der Waals surface area contributed by atoms with Crippen molar-refractivity contribution >= 4 is 10.8 Å². The van der Waals surface area contributed by atoms with Gasteiger partial charge in [-0.3, -0.25) is 4.98 Å². The molecular formula is C15H18N2O. The minimum Gasteiger partial charge on any atom is -0.384 e. The number of aromatic nitrogens is 1. The number of hydrogen-bond acceptors (Lipinski definition) is 3. The molecule has 3 heteroatoms. The predicted molar refractivity (Wildman–Crippen MR) is 72.3 cm³/mol. The lowest BCUT2D eigenvalue weighted by atomic mass is 9.88. The molecule has 2 heterocycles. The molecule has 2 aromatic rings. The number of aliphatic hydroxyl groups is 1. The summed E-state index contributed by atoms with van der Waals surface area (Å²) in [4.78, 5) is 6.35. The van der Waals surface area contributed by atoms with E-state index in [1.807, 2.05) is 30.5 Å². The SMILES string of the molecule is CC1CC(O)(c2cccc3cnccc23)CN1C. The standard InChI is InChI=1S/C15H18N2O/c1-11-8-15(18,10-17(11)2)14-5-3-4-12-9-16-7-6-13(12)14/h3-7,9,11,18H,8,10H2,1-2H3. The summed E-state index contributed by atoms with van der Waals surface area (Å²) in [6, 6.07) is 8.48. The van der Waals surface area contributed by atoms with Crippen LogP contribution in [0.1, 0.15) is 18.9 Å². The number of nitrogens with zero attached hydrogens (tertiary/aromatic N) is 2. The van der Waals surface area contributed by atoms with Crippen molar-refractivity contribution in [1.29, 1.82) is 0 Å². The van der Waals surface area contributed by atoms with Gasteiger partial charge in [0.25, 0.3) is 0 Å². The molecule has 0 aliphatic carbocycles. The molecular weight excluding hydrogens is 224 g/mol. The van der Waals surface area contributed by atoms with Gasteiger partial charge >= 0.3 is 0 Å². The minimum atomic E-state index is -0.741. The molecule has 1 fully saturated rings. The summed E-state index contributed by atoms with van der Waals surface area (Å²) in [5.74, 6) is 0. The molecule has 1 aromatic carbocycles. The van der Waals surface area contributed by atoms with Crippen molar-refractivity contribution in [3.05, 3.63) is 42.2 Å².